The van der Waals surface area contributed by atoms with Crippen LogP contribution >= 0.6 is 0 Å². The minimum atomic E-state index is -0.0553. The predicted molar refractivity (Wildman–Crippen MR) is 94.8 cm³/mol. The van der Waals surface area contributed by atoms with Crippen LogP contribution < -0.4 is 9.47 Å². The number of carbonyl (C=O) groups is 1. The van der Waals surface area contributed by atoms with E-state index >= 15 is 0 Å². The van der Waals surface area contributed by atoms with Crippen LogP contribution in [0.5, 0.6) is 11.5 Å². The third-order valence-electron chi connectivity index (χ3n) is 3.29. The summed E-state index contributed by atoms with van der Waals surface area (Å²) in [6.45, 7) is 3.57. The molecule has 4 heteroatoms. The van der Waals surface area contributed by atoms with Crippen molar-refractivity contribution in [3.05, 3.63) is 65.7 Å². The molecule has 0 saturated carbocycles. The van der Waals surface area contributed by atoms with Crippen molar-refractivity contribution in [3.8, 4) is 11.5 Å². The molecular weight excluding hydrogens is 304 g/mol. The quantitative estimate of drug-likeness (QED) is 0.397. The zero-order valence-corrected chi connectivity index (χ0v) is 14.0. The minimum Gasteiger partial charge on any atom is -0.494 e. The van der Waals surface area contributed by atoms with Gasteiger partial charge in [0.25, 0.3) is 0 Å². The average molecular weight is 326 g/mol. The van der Waals surface area contributed by atoms with Crippen molar-refractivity contribution in [2.45, 2.75) is 6.92 Å². The molecule has 4 nitrogen and oxygen atoms in total. The highest BCUT2D eigenvalue weighted by molar-refractivity contribution is 6.06. The molecule has 0 saturated heterocycles. The molecule has 0 aliphatic carbocycles. The summed E-state index contributed by atoms with van der Waals surface area (Å²) >= 11 is 0. The molecule has 0 spiro atoms. The third kappa shape index (κ3) is 5.56. The zero-order valence-electron chi connectivity index (χ0n) is 14.0. The van der Waals surface area contributed by atoms with Crippen molar-refractivity contribution in [2.75, 3.05) is 26.9 Å². The summed E-state index contributed by atoms with van der Waals surface area (Å²) in [5, 5.41) is 0. The Bertz CT molecular complexity index is 674. The summed E-state index contributed by atoms with van der Waals surface area (Å²) in [7, 11) is 1.63. The van der Waals surface area contributed by atoms with E-state index in [0.29, 0.717) is 25.4 Å². The summed E-state index contributed by atoms with van der Waals surface area (Å²) in [6.07, 6.45) is 3.35. The molecule has 126 valence electrons. The second-order valence-electron chi connectivity index (χ2n) is 5.07. The Morgan fingerprint density at radius 2 is 1.79 bits per heavy atom. The molecular formula is C20H22O4. The number of allylic oxidation sites excluding steroid dienone is 1. The first-order chi connectivity index (χ1) is 11.7. The highest BCUT2D eigenvalue weighted by Crippen LogP contribution is 2.16. The Morgan fingerprint density at radius 1 is 1.00 bits per heavy atom. The molecule has 0 unspecified atom stereocenters. The van der Waals surface area contributed by atoms with Crippen molar-refractivity contribution in [1.82, 2.24) is 0 Å². The monoisotopic (exact) mass is 326 g/mol. The maximum atomic E-state index is 12.2. The first-order valence-electron chi connectivity index (χ1n) is 7.90. The Labute approximate surface area is 142 Å². The topological polar surface area (TPSA) is 44.8 Å². The Kier molecular flexibility index (Phi) is 7.05. The van der Waals surface area contributed by atoms with E-state index in [4.69, 9.17) is 14.2 Å². The predicted octanol–water partition coefficient (Wildman–Crippen LogP) is 4.01. The molecule has 2 aromatic rings. The molecule has 2 aromatic carbocycles. The SMILES string of the molecule is CCOc1cccc(/C=C/C(=O)c2ccc(OCCOC)cc2)c1. The molecule has 0 aromatic heterocycles. The van der Waals surface area contributed by atoms with Crippen molar-refractivity contribution < 1.29 is 19.0 Å². The fourth-order valence-electron chi connectivity index (χ4n) is 2.10. The second kappa shape index (κ2) is 9.53. The van der Waals surface area contributed by atoms with E-state index in [0.717, 1.165) is 17.1 Å². The van der Waals surface area contributed by atoms with Crippen LogP contribution in [0.25, 0.3) is 6.08 Å². The lowest BCUT2D eigenvalue weighted by Gasteiger charge is -2.05. The highest BCUT2D eigenvalue weighted by Gasteiger charge is 2.02. The fraction of sp³-hybridized carbons (Fsp3) is 0.250. The van der Waals surface area contributed by atoms with Crippen LogP contribution in [0.2, 0.25) is 0 Å². The number of benzene rings is 2. The van der Waals surface area contributed by atoms with Gasteiger partial charge in [0.1, 0.15) is 18.1 Å². The molecule has 0 heterocycles. The normalized spacial score (nSPS) is 10.8. The van der Waals surface area contributed by atoms with E-state index < -0.39 is 0 Å². The number of ether oxygens (including phenoxy) is 3. The van der Waals surface area contributed by atoms with Gasteiger partial charge in [-0.05, 0) is 55.0 Å². The molecule has 0 fully saturated rings. The molecule has 0 atom stereocenters. The van der Waals surface area contributed by atoms with Gasteiger partial charge in [-0.3, -0.25) is 4.79 Å². The van der Waals surface area contributed by atoms with Crippen LogP contribution in [0.4, 0.5) is 0 Å². The Morgan fingerprint density at radius 3 is 2.50 bits per heavy atom. The minimum absolute atomic E-state index is 0.0553. The standard InChI is InChI=1S/C20H22O4/c1-3-23-19-6-4-5-16(15-19)7-12-20(21)17-8-10-18(11-9-17)24-14-13-22-2/h4-12,15H,3,13-14H2,1-2H3/b12-7+. The van der Waals surface area contributed by atoms with Gasteiger partial charge in [0.2, 0.25) is 0 Å². The fourth-order valence-corrected chi connectivity index (χ4v) is 2.10. The van der Waals surface area contributed by atoms with Crippen molar-refractivity contribution >= 4 is 11.9 Å². The number of ketones is 1. The van der Waals surface area contributed by atoms with Crippen LogP contribution in [0.3, 0.4) is 0 Å². The average Bonchev–Trinajstić information content (AvgIpc) is 2.61. The van der Waals surface area contributed by atoms with Gasteiger partial charge >= 0.3 is 0 Å². The Hall–Kier alpha value is -2.59. The summed E-state index contributed by atoms with van der Waals surface area (Å²) in [4.78, 5) is 12.2. The molecule has 0 aliphatic heterocycles. The molecule has 0 bridgehead atoms. The third-order valence-corrected chi connectivity index (χ3v) is 3.29. The van der Waals surface area contributed by atoms with Crippen molar-refractivity contribution in [3.63, 3.8) is 0 Å². The number of rotatable bonds is 9. The smallest absolute Gasteiger partial charge is 0.185 e. The summed E-state index contributed by atoms with van der Waals surface area (Å²) in [5.74, 6) is 1.46. The molecule has 2 rings (SSSR count). The summed E-state index contributed by atoms with van der Waals surface area (Å²) < 4.78 is 15.9. The number of hydrogen-bond acceptors (Lipinski definition) is 4. The van der Waals surface area contributed by atoms with Crippen LogP contribution in [0.15, 0.2) is 54.6 Å². The van der Waals surface area contributed by atoms with E-state index in [1.807, 2.05) is 31.2 Å². The summed E-state index contributed by atoms with van der Waals surface area (Å²) in [6, 6.07) is 14.7. The van der Waals surface area contributed by atoms with Gasteiger partial charge in [-0.2, -0.15) is 0 Å². The molecule has 0 aliphatic rings. The highest BCUT2D eigenvalue weighted by atomic mass is 16.5. The largest absolute Gasteiger partial charge is 0.494 e. The van der Waals surface area contributed by atoms with E-state index in [1.54, 1.807) is 43.5 Å². The lowest BCUT2D eigenvalue weighted by Crippen LogP contribution is -2.04. The van der Waals surface area contributed by atoms with Crippen LogP contribution in [-0.2, 0) is 4.74 Å². The van der Waals surface area contributed by atoms with E-state index in [9.17, 15) is 4.79 Å². The van der Waals surface area contributed by atoms with E-state index in [-0.39, 0.29) is 5.78 Å². The zero-order chi connectivity index (χ0) is 17.2. The van der Waals surface area contributed by atoms with Gasteiger partial charge in [0.05, 0.1) is 13.2 Å². The van der Waals surface area contributed by atoms with E-state index in [2.05, 4.69) is 0 Å². The number of methoxy groups -OCH3 is 1. The van der Waals surface area contributed by atoms with Gasteiger partial charge in [-0.25, -0.2) is 0 Å². The lowest BCUT2D eigenvalue weighted by molar-refractivity contribution is 0.104. The van der Waals surface area contributed by atoms with Gasteiger partial charge in [-0.15, -0.1) is 0 Å². The van der Waals surface area contributed by atoms with Gasteiger partial charge in [0.15, 0.2) is 5.78 Å². The number of carbonyl (C=O) groups excluding carboxylic acids is 1. The Balaban J connectivity index is 1.97. The van der Waals surface area contributed by atoms with E-state index in [1.165, 1.54) is 0 Å². The maximum absolute atomic E-state index is 12.2. The molecule has 0 amide bonds. The molecule has 24 heavy (non-hydrogen) atoms. The first-order valence-corrected chi connectivity index (χ1v) is 7.90. The van der Waals surface area contributed by atoms with Crippen molar-refractivity contribution in [1.29, 1.82) is 0 Å². The van der Waals surface area contributed by atoms with Crippen LogP contribution in [0.1, 0.15) is 22.8 Å². The maximum Gasteiger partial charge on any atom is 0.185 e. The number of hydrogen-bond donors (Lipinski definition) is 0. The first kappa shape index (κ1) is 17.8. The van der Waals surface area contributed by atoms with Gasteiger partial charge < -0.3 is 14.2 Å². The van der Waals surface area contributed by atoms with Gasteiger partial charge in [0, 0.05) is 12.7 Å². The summed E-state index contributed by atoms with van der Waals surface area (Å²) in [5.41, 5.74) is 1.54. The molecule has 0 radical (unpaired) electrons. The van der Waals surface area contributed by atoms with Crippen LogP contribution in [-0.4, -0.2) is 32.7 Å². The lowest BCUT2D eigenvalue weighted by atomic mass is 10.1. The molecule has 0 N–H and O–H groups in total. The van der Waals surface area contributed by atoms with Gasteiger partial charge in [-0.1, -0.05) is 18.2 Å². The van der Waals surface area contributed by atoms with Crippen LogP contribution in [0, 0.1) is 0 Å². The second-order valence-corrected chi connectivity index (χ2v) is 5.07. The van der Waals surface area contributed by atoms with Crippen molar-refractivity contribution in [2.24, 2.45) is 0 Å².